The summed E-state index contributed by atoms with van der Waals surface area (Å²) in [5.74, 6) is -0.0530. The van der Waals surface area contributed by atoms with Crippen molar-refractivity contribution in [2.24, 2.45) is 5.73 Å². The van der Waals surface area contributed by atoms with E-state index in [1.165, 1.54) is 0 Å². The third-order valence-electron chi connectivity index (χ3n) is 3.66. The van der Waals surface area contributed by atoms with Crippen molar-refractivity contribution >= 4 is 29.9 Å². The summed E-state index contributed by atoms with van der Waals surface area (Å²) < 4.78 is 5.61. The highest BCUT2D eigenvalue weighted by Crippen LogP contribution is 2.22. The number of nitrogens with two attached hydrogens (primary N) is 1. The van der Waals surface area contributed by atoms with Crippen LogP contribution in [0.15, 0.2) is 24.3 Å². The smallest absolute Gasteiger partial charge is 0.249 e. The maximum atomic E-state index is 12.2. The molecule has 1 heterocycles. The van der Waals surface area contributed by atoms with E-state index < -0.39 is 0 Å². The van der Waals surface area contributed by atoms with E-state index in [1.807, 2.05) is 31.2 Å². The van der Waals surface area contributed by atoms with E-state index in [0.717, 1.165) is 24.8 Å². The Balaban J connectivity index is 0.00000220. The van der Waals surface area contributed by atoms with Crippen LogP contribution in [-0.2, 0) is 9.53 Å². The topological polar surface area (TPSA) is 64.4 Å². The van der Waals surface area contributed by atoms with Gasteiger partial charge in [0.15, 0.2) is 0 Å². The number of benzene rings is 1. The molecule has 0 spiro atoms. The van der Waals surface area contributed by atoms with E-state index in [9.17, 15) is 4.79 Å². The minimum absolute atomic E-state index is 0. The van der Waals surface area contributed by atoms with Gasteiger partial charge in [-0.2, -0.15) is 0 Å². The van der Waals surface area contributed by atoms with Crippen molar-refractivity contribution in [1.82, 2.24) is 5.32 Å². The first-order valence-corrected chi connectivity index (χ1v) is 7.43. The summed E-state index contributed by atoms with van der Waals surface area (Å²) in [4.78, 5) is 12.2. The highest BCUT2D eigenvalue weighted by molar-refractivity contribution is 6.30. The Morgan fingerprint density at radius 2 is 2.10 bits per heavy atom. The average molecular weight is 333 g/mol. The Morgan fingerprint density at radius 1 is 1.43 bits per heavy atom. The zero-order chi connectivity index (χ0) is 14.5. The molecule has 0 bridgehead atoms. The molecular weight excluding hydrogens is 311 g/mol. The molecule has 6 heteroatoms. The van der Waals surface area contributed by atoms with E-state index in [2.05, 4.69) is 5.32 Å². The van der Waals surface area contributed by atoms with Crippen LogP contribution in [0.2, 0.25) is 5.02 Å². The lowest BCUT2D eigenvalue weighted by Crippen LogP contribution is -2.37. The molecule has 1 unspecified atom stereocenters. The summed E-state index contributed by atoms with van der Waals surface area (Å²) in [5.41, 5.74) is 6.61. The summed E-state index contributed by atoms with van der Waals surface area (Å²) in [7, 11) is 0. The van der Waals surface area contributed by atoms with Crippen molar-refractivity contribution in [2.75, 3.05) is 6.54 Å². The Kier molecular flexibility index (Phi) is 7.46. The molecule has 1 amide bonds. The molecule has 3 N–H and O–H groups in total. The molecule has 0 aliphatic carbocycles. The number of nitrogens with one attached hydrogen (secondary N) is 1. The summed E-state index contributed by atoms with van der Waals surface area (Å²) >= 11 is 5.88. The van der Waals surface area contributed by atoms with E-state index in [1.54, 1.807) is 0 Å². The first kappa shape index (κ1) is 18.2. The summed E-state index contributed by atoms with van der Waals surface area (Å²) in [5, 5.41) is 3.74. The lowest BCUT2D eigenvalue weighted by Gasteiger charge is -2.20. The molecule has 3 atom stereocenters. The second-order valence-corrected chi connectivity index (χ2v) is 5.52. The van der Waals surface area contributed by atoms with Gasteiger partial charge in [0.1, 0.15) is 6.10 Å². The summed E-state index contributed by atoms with van der Waals surface area (Å²) in [6.45, 7) is 2.51. The fourth-order valence-electron chi connectivity index (χ4n) is 2.45. The number of hydrogen-bond donors (Lipinski definition) is 2. The van der Waals surface area contributed by atoms with Gasteiger partial charge in [0, 0.05) is 11.6 Å². The molecule has 1 aliphatic rings. The molecular formula is C15H22Cl2N2O2. The number of amides is 1. The maximum Gasteiger partial charge on any atom is 0.249 e. The van der Waals surface area contributed by atoms with Crippen molar-refractivity contribution in [1.29, 1.82) is 0 Å². The van der Waals surface area contributed by atoms with Crippen molar-refractivity contribution in [3.05, 3.63) is 34.9 Å². The molecule has 4 nitrogen and oxygen atoms in total. The van der Waals surface area contributed by atoms with Crippen LogP contribution in [0.25, 0.3) is 0 Å². The van der Waals surface area contributed by atoms with Crippen molar-refractivity contribution < 1.29 is 9.53 Å². The number of halogens is 2. The molecule has 0 radical (unpaired) electrons. The molecule has 0 saturated carbocycles. The van der Waals surface area contributed by atoms with E-state index in [0.29, 0.717) is 11.6 Å². The number of ether oxygens (including phenoxy) is 1. The van der Waals surface area contributed by atoms with Crippen molar-refractivity contribution in [3.63, 3.8) is 0 Å². The number of rotatable bonds is 5. The lowest BCUT2D eigenvalue weighted by molar-refractivity contribution is -0.132. The van der Waals surface area contributed by atoms with Gasteiger partial charge in [0.2, 0.25) is 5.91 Å². The van der Waals surface area contributed by atoms with Gasteiger partial charge < -0.3 is 15.8 Å². The minimum Gasteiger partial charge on any atom is -0.364 e. The van der Waals surface area contributed by atoms with Crippen LogP contribution >= 0.6 is 24.0 Å². The second kappa shape index (κ2) is 8.59. The predicted octanol–water partition coefficient (Wildman–Crippen LogP) is 2.84. The maximum absolute atomic E-state index is 12.2. The summed E-state index contributed by atoms with van der Waals surface area (Å²) in [6, 6.07) is 7.54. The largest absolute Gasteiger partial charge is 0.364 e. The van der Waals surface area contributed by atoms with Crippen LogP contribution in [0.4, 0.5) is 0 Å². The molecule has 1 aliphatic heterocycles. The predicted molar refractivity (Wildman–Crippen MR) is 86.8 cm³/mol. The highest BCUT2D eigenvalue weighted by atomic mass is 35.5. The van der Waals surface area contributed by atoms with Crippen molar-refractivity contribution in [2.45, 2.75) is 44.4 Å². The zero-order valence-corrected chi connectivity index (χ0v) is 13.6. The van der Waals surface area contributed by atoms with Gasteiger partial charge in [0.25, 0.3) is 0 Å². The quantitative estimate of drug-likeness (QED) is 0.871. The van der Waals surface area contributed by atoms with Gasteiger partial charge in [-0.3, -0.25) is 4.79 Å². The van der Waals surface area contributed by atoms with Gasteiger partial charge in [-0.1, -0.05) is 30.7 Å². The molecule has 1 saturated heterocycles. The first-order valence-electron chi connectivity index (χ1n) is 7.05. The van der Waals surface area contributed by atoms with Crippen LogP contribution < -0.4 is 11.1 Å². The normalized spacial score (nSPS) is 22.4. The van der Waals surface area contributed by atoms with Crippen molar-refractivity contribution in [3.8, 4) is 0 Å². The standard InChI is InChI=1S/C15H21ClN2O2.ClH/c1-2-13(10-3-5-11(16)6-4-10)18-15(19)14-8-7-12(9-17)20-14;/h3-6,12-14H,2,7-9,17H2,1H3,(H,18,19);1H/t12-,13?,14+;/m1./s1. The molecule has 21 heavy (non-hydrogen) atoms. The molecule has 1 aromatic rings. The highest BCUT2D eigenvalue weighted by Gasteiger charge is 2.30. The van der Waals surface area contributed by atoms with Crippen LogP contribution in [0.1, 0.15) is 37.8 Å². The Morgan fingerprint density at radius 3 is 2.62 bits per heavy atom. The van der Waals surface area contributed by atoms with E-state index >= 15 is 0 Å². The average Bonchev–Trinajstić information content (AvgIpc) is 2.94. The molecule has 1 aromatic carbocycles. The monoisotopic (exact) mass is 332 g/mol. The molecule has 2 rings (SSSR count). The van der Waals surface area contributed by atoms with Gasteiger partial charge >= 0.3 is 0 Å². The Bertz CT molecular complexity index is 453. The Labute approximate surface area is 136 Å². The first-order chi connectivity index (χ1) is 9.63. The lowest BCUT2D eigenvalue weighted by atomic mass is 10.0. The fraction of sp³-hybridized carbons (Fsp3) is 0.533. The Hall–Kier alpha value is -0.810. The third kappa shape index (κ3) is 4.85. The zero-order valence-electron chi connectivity index (χ0n) is 12.0. The van der Waals surface area contributed by atoms with Gasteiger partial charge in [-0.25, -0.2) is 0 Å². The van der Waals surface area contributed by atoms with E-state index in [4.69, 9.17) is 22.1 Å². The van der Waals surface area contributed by atoms with Crippen LogP contribution in [-0.4, -0.2) is 24.7 Å². The molecule has 1 fully saturated rings. The van der Waals surface area contributed by atoms with Crippen LogP contribution in [0, 0.1) is 0 Å². The molecule has 0 aromatic heterocycles. The fourth-order valence-corrected chi connectivity index (χ4v) is 2.58. The minimum atomic E-state index is -0.370. The SMILES string of the molecule is CCC(NC(=O)[C@@H]1CC[C@H](CN)O1)c1ccc(Cl)cc1.Cl. The van der Waals surface area contributed by atoms with Gasteiger partial charge in [-0.15, -0.1) is 12.4 Å². The second-order valence-electron chi connectivity index (χ2n) is 5.08. The number of carbonyl (C=O) groups excluding carboxylic acids is 1. The van der Waals surface area contributed by atoms with Gasteiger partial charge in [-0.05, 0) is 37.0 Å². The number of hydrogen-bond acceptors (Lipinski definition) is 3. The third-order valence-corrected chi connectivity index (χ3v) is 3.91. The number of carbonyl (C=O) groups is 1. The summed E-state index contributed by atoms with van der Waals surface area (Å²) in [6.07, 6.45) is 2.06. The van der Waals surface area contributed by atoms with E-state index in [-0.39, 0.29) is 36.6 Å². The van der Waals surface area contributed by atoms with Gasteiger partial charge in [0.05, 0.1) is 12.1 Å². The molecule has 118 valence electrons. The van der Waals surface area contributed by atoms with Crippen LogP contribution in [0.3, 0.4) is 0 Å². The van der Waals surface area contributed by atoms with Crippen LogP contribution in [0.5, 0.6) is 0 Å².